The van der Waals surface area contributed by atoms with Crippen LogP contribution in [-0.2, 0) is 9.47 Å². The molecule has 1 saturated heterocycles. The Kier molecular flexibility index (Phi) is 3.16. The average molecular weight is 144 g/mol. The van der Waals surface area contributed by atoms with Gasteiger partial charge in [-0.2, -0.15) is 0 Å². The van der Waals surface area contributed by atoms with Crippen molar-refractivity contribution >= 4 is 0 Å². The quantitative estimate of drug-likeness (QED) is 0.596. The zero-order valence-electron chi connectivity index (χ0n) is 6.80. The number of rotatable bonds is 4. The summed E-state index contributed by atoms with van der Waals surface area (Å²) in [6, 6.07) is 0. The summed E-state index contributed by atoms with van der Waals surface area (Å²) in [6.45, 7) is 5.99. The van der Waals surface area contributed by atoms with Crippen LogP contribution in [0.1, 0.15) is 26.7 Å². The Morgan fingerprint density at radius 3 is 2.80 bits per heavy atom. The number of hydrogen-bond acceptors (Lipinski definition) is 2. The molecular weight excluding hydrogens is 128 g/mol. The summed E-state index contributed by atoms with van der Waals surface area (Å²) in [5.74, 6) is 0. The van der Waals surface area contributed by atoms with E-state index >= 15 is 0 Å². The minimum Gasteiger partial charge on any atom is -0.376 e. The smallest absolute Gasteiger partial charge is 0.0855 e. The first-order valence-corrected chi connectivity index (χ1v) is 4.07. The van der Waals surface area contributed by atoms with E-state index in [4.69, 9.17) is 9.47 Å². The van der Waals surface area contributed by atoms with Crippen LogP contribution in [0.25, 0.3) is 0 Å². The molecule has 0 N–H and O–H groups in total. The Morgan fingerprint density at radius 2 is 2.40 bits per heavy atom. The van der Waals surface area contributed by atoms with Crippen molar-refractivity contribution in [2.75, 3.05) is 13.2 Å². The van der Waals surface area contributed by atoms with Crippen LogP contribution in [-0.4, -0.2) is 25.4 Å². The maximum absolute atomic E-state index is 5.47. The molecule has 0 bridgehead atoms. The van der Waals surface area contributed by atoms with Crippen LogP contribution in [0.3, 0.4) is 0 Å². The number of hydrogen-bond donors (Lipinski definition) is 0. The summed E-state index contributed by atoms with van der Waals surface area (Å²) in [5.41, 5.74) is 0. The molecule has 0 aliphatic carbocycles. The van der Waals surface area contributed by atoms with E-state index in [0.717, 1.165) is 19.6 Å². The molecule has 0 saturated carbocycles. The summed E-state index contributed by atoms with van der Waals surface area (Å²) >= 11 is 0. The minimum absolute atomic E-state index is 0.300. The van der Waals surface area contributed by atoms with Crippen LogP contribution in [0.2, 0.25) is 0 Å². The molecule has 0 amide bonds. The lowest BCUT2D eigenvalue weighted by Gasteiger charge is -2.31. The fourth-order valence-corrected chi connectivity index (χ4v) is 1.04. The van der Waals surface area contributed by atoms with Crippen molar-refractivity contribution in [2.45, 2.75) is 38.9 Å². The zero-order chi connectivity index (χ0) is 7.40. The van der Waals surface area contributed by atoms with Gasteiger partial charge in [0.25, 0.3) is 0 Å². The van der Waals surface area contributed by atoms with Gasteiger partial charge in [0.05, 0.1) is 12.2 Å². The van der Waals surface area contributed by atoms with Crippen molar-refractivity contribution in [2.24, 2.45) is 0 Å². The van der Waals surface area contributed by atoms with Gasteiger partial charge in [0, 0.05) is 13.2 Å². The molecule has 60 valence electrons. The lowest BCUT2D eigenvalue weighted by Crippen LogP contribution is -2.38. The van der Waals surface area contributed by atoms with Crippen LogP contribution < -0.4 is 0 Å². The monoisotopic (exact) mass is 144 g/mol. The second-order valence-corrected chi connectivity index (χ2v) is 2.77. The van der Waals surface area contributed by atoms with Crippen LogP contribution >= 0.6 is 0 Å². The average Bonchev–Trinajstić information content (AvgIpc) is 1.79. The molecule has 0 radical (unpaired) electrons. The molecule has 1 rings (SSSR count). The van der Waals surface area contributed by atoms with Gasteiger partial charge in [-0.25, -0.2) is 0 Å². The predicted octanol–water partition coefficient (Wildman–Crippen LogP) is 1.59. The second kappa shape index (κ2) is 3.94. The first kappa shape index (κ1) is 8.02. The van der Waals surface area contributed by atoms with Crippen LogP contribution in [0, 0.1) is 0 Å². The summed E-state index contributed by atoms with van der Waals surface area (Å²) in [5, 5.41) is 0. The molecule has 10 heavy (non-hydrogen) atoms. The highest BCUT2D eigenvalue weighted by molar-refractivity contribution is 4.72. The fourth-order valence-electron chi connectivity index (χ4n) is 1.04. The SMILES string of the molecule is CCCOC(C)C1CCO1. The van der Waals surface area contributed by atoms with Gasteiger partial charge >= 0.3 is 0 Å². The predicted molar refractivity (Wildman–Crippen MR) is 40.1 cm³/mol. The fraction of sp³-hybridized carbons (Fsp3) is 1.00. The Bertz CT molecular complexity index is 89.3. The third-order valence-corrected chi connectivity index (χ3v) is 1.84. The minimum atomic E-state index is 0.300. The molecule has 0 aromatic heterocycles. The van der Waals surface area contributed by atoms with Gasteiger partial charge < -0.3 is 9.47 Å². The lowest BCUT2D eigenvalue weighted by atomic mass is 10.1. The van der Waals surface area contributed by atoms with Crippen molar-refractivity contribution in [3.05, 3.63) is 0 Å². The van der Waals surface area contributed by atoms with E-state index in [9.17, 15) is 0 Å². The Hall–Kier alpha value is -0.0800. The maximum Gasteiger partial charge on any atom is 0.0855 e. The third kappa shape index (κ3) is 1.96. The lowest BCUT2D eigenvalue weighted by molar-refractivity contribution is -0.131. The third-order valence-electron chi connectivity index (χ3n) is 1.84. The Balaban J connectivity index is 2.02. The molecule has 1 fully saturated rings. The maximum atomic E-state index is 5.47. The highest BCUT2D eigenvalue weighted by Crippen LogP contribution is 2.17. The Labute approximate surface area is 62.5 Å². The van der Waals surface area contributed by atoms with Gasteiger partial charge in [-0.15, -0.1) is 0 Å². The van der Waals surface area contributed by atoms with Crippen LogP contribution in [0.4, 0.5) is 0 Å². The van der Waals surface area contributed by atoms with Gasteiger partial charge in [-0.05, 0) is 19.8 Å². The highest BCUT2D eigenvalue weighted by atomic mass is 16.6. The summed E-state index contributed by atoms with van der Waals surface area (Å²) in [4.78, 5) is 0. The van der Waals surface area contributed by atoms with Gasteiger partial charge in [0.1, 0.15) is 0 Å². The second-order valence-electron chi connectivity index (χ2n) is 2.77. The van der Waals surface area contributed by atoms with E-state index < -0.39 is 0 Å². The van der Waals surface area contributed by atoms with E-state index in [-0.39, 0.29) is 0 Å². The highest BCUT2D eigenvalue weighted by Gasteiger charge is 2.24. The summed E-state index contributed by atoms with van der Waals surface area (Å²) in [6.07, 6.45) is 2.95. The summed E-state index contributed by atoms with van der Waals surface area (Å²) in [7, 11) is 0. The molecule has 1 heterocycles. The van der Waals surface area contributed by atoms with E-state index in [2.05, 4.69) is 13.8 Å². The van der Waals surface area contributed by atoms with E-state index in [1.54, 1.807) is 0 Å². The topological polar surface area (TPSA) is 18.5 Å². The summed E-state index contributed by atoms with van der Waals surface area (Å²) < 4.78 is 10.7. The van der Waals surface area contributed by atoms with Gasteiger partial charge in [-0.1, -0.05) is 6.92 Å². The molecule has 2 nitrogen and oxygen atoms in total. The molecule has 2 heteroatoms. The largest absolute Gasteiger partial charge is 0.376 e. The van der Waals surface area contributed by atoms with Crippen molar-refractivity contribution in [1.82, 2.24) is 0 Å². The molecule has 1 aliphatic heterocycles. The van der Waals surface area contributed by atoms with Crippen molar-refractivity contribution in [1.29, 1.82) is 0 Å². The molecule has 1 aliphatic rings. The van der Waals surface area contributed by atoms with Gasteiger partial charge in [0.2, 0.25) is 0 Å². The van der Waals surface area contributed by atoms with Gasteiger partial charge in [0.15, 0.2) is 0 Å². The zero-order valence-corrected chi connectivity index (χ0v) is 6.80. The van der Waals surface area contributed by atoms with Crippen molar-refractivity contribution in [3.8, 4) is 0 Å². The van der Waals surface area contributed by atoms with Crippen molar-refractivity contribution in [3.63, 3.8) is 0 Å². The standard InChI is InChI=1S/C8H16O2/c1-3-5-9-7(2)8-4-6-10-8/h7-8H,3-6H2,1-2H3. The molecule has 0 spiro atoms. The van der Waals surface area contributed by atoms with E-state index in [0.29, 0.717) is 12.2 Å². The molecule has 2 atom stereocenters. The normalized spacial score (nSPS) is 27.6. The first-order chi connectivity index (χ1) is 4.84. The Morgan fingerprint density at radius 1 is 1.70 bits per heavy atom. The number of ether oxygens (including phenoxy) is 2. The van der Waals surface area contributed by atoms with E-state index in [1.165, 1.54) is 6.42 Å². The van der Waals surface area contributed by atoms with Crippen LogP contribution in [0.5, 0.6) is 0 Å². The molecular formula is C8H16O2. The van der Waals surface area contributed by atoms with Crippen LogP contribution in [0.15, 0.2) is 0 Å². The molecule has 0 aromatic carbocycles. The van der Waals surface area contributed by atoms with Crippen molar-refractivity contribution < 1.29 is 9.47 Å². The molecule has 0 aromatic rings. The van der Waals surface area contributed by atoms with E-state index in [1.807, 2.05) is 0 Å². The first-order valence-electron chi connectivity index (χ1n) is 4.07. The molecule has 2 unspecified atom stereocenters. The van der Waals surface area contributed by atoms with Gasteiger partial charge in [-0.3, -0.25) is 0 Å².